The Morgan fingerprint density at radius 1 is 1.12 bits per heavy atom. The first-order chi connectivity index (χ1) is 15.8. The molecule has 2 aromatic heterocycles. The summed E-state index contributed by atoms with van der Waals surface area (Å²) in [6.45, 7) is 3.16. The summed E-state index contributed by atoms with van der Waals surface area (Å²) in [4.78, 5) is 2.51. The van der Waals surface area contributed by atoms with E-state index in [4.69, 9.17) is 0 Å². The lowest BCUT2D eigenvalue weighted by Gasteiger charge is -2.16. The van der Waals surface area contributed by atoms with Crippen LogP contribution in [0.1, 0.15) is 36.3 Å². The van der Waals surface area contributed by atoms with E-state index in [-0.39, 0.29) is 5.41 Å². The molecular weight excluding hydrogens is 447 g/mol. The third kappa shape index (κ3) is 4.45. The fourth-order valence-corrected chi connectivity index (χ4v) is 5.99. The van der Waals surface area contributed by atoms with Gasteiger partial charge in [-0.1, -0.05) is 23.9 Å². The number of likely N-dealkylation sites (tertiary alicyclic amines) is 1. The molecule has 1 unspecified atom stereocenters. The predicted octanol–water partition coefficient (Wildman–Crippen LogP) is 5.20. The zero-order valence-corrected chi connectivity index (χ0v) is 19.7. The van der Waals surface area contributed by atoms with Gasteiger partial charge < -0.3 is 14.0 Å². The first-order valence-corrected chi connectivity index (χ1v) is 12.3. The summed E-state index contributed by atoms with van der Waals surface area (Å²) in [5.74, 6) is 2.24. The molecule has 2 atom stereocenters. The van der Waals surface area contributed by atoms with E-state index in [1.165, 1.54) is 12.1 Å². The van der Waals surface area contributed by atoms with Gasteiger partial charge >= 0.3 is 6.18 Å². The molecule has 1 saturated carbocycles. The monoisotopic (exact) mass is 475 g/mol. The minimum atomic E-state index is -4.27. The Hall–Kier alpha value is -2.26. The summed E-state index contributed by atoms with van der Waals surface area (Å²) in [5, 5.41) is 9.64. The molecular formula is C24H28F3N5S. The van der Waals surface area contributed by atoms with E-state index in [0.29, 0.717) is 5.92 Å². The SMILES string of the molecule is Cn1cccc1-c1nnc(SCCCN2CCC3(C[C@@H]3c3ccc(C(F)(F)F)cc3)C2)n1C. The van der Waals surface area contributed by atoms with Crippen LogP contribution in [0, 0.1) is 5.41 Å². The molecule has 0 amide bonds. The predicted molar refractivity (Wildman–Crippen MR) is 123 cm³/mol. The highest BCUT2D eigenvalue weighted by molar-refractivity contribution is 7.99. The van der Waals surface area contributed by atoms with Crippen molar-refractivity contribution in [1.82, 2.24) is 24.2 Å². The van der Waals surface area contributed by atoms with Crippen molar-refractivity contribution in [2.24, 2.45) is 19.5 Å². The Labute approximate surface area is 196 Å². The Kier molecular flexibility index (Phi) is 5.81. The molecule has 5 rings (SSSR count). The Balaban J connectivity index is 1.09. The first-order valence-electron chi connectivity index (χ1n) is 11.3. The van der Waals surface area contributed by atoms with Crippen LogP contribution in [-0.2, 0) is 20.3 Å². The van der Waals surface area contributed by atoms with E-state index >= 15 is 0 Å². The summed E-state index contributed by atoms with van der Waals surface area (Å²) >= 11 is 1.73. The number of thioether (sulfide) groups is 1. The van der Waals surface area contributed by atoms with Crippen LogP contribution in [0.5, 0.6) is 0 Å². The number of benzene rings is 1. The van der Waals surface area contributed by atoms with Crippen LogP contribution in [0.15, 0.2) is 47.8 Å². The van der Waals surface area contributed by atoms with Crippen LogP contribution in [0.25, 0.3) is 11.5 Å². The van der Waals surface area contributed by atoms with Crippen molar-refractivity contribution in [1.29, 1.82) is 0 Å². The number of nitrogens with zero attached hydrogens (tertiary/aromatic N) is 5. The molecule has 176 valence electrons. The van der Waals surface area contributed by atoms with E-state index in [1.54, 1.807) is 23.9 Å². The van der Waals surface area contributed by atoms with Crippen molar-refractivity contribution in [3.05, 3.63) is 53.7 Å². The summed E-state index contributed by atoms with van der Waals surface area (Å²) in [6, 6.07) is 9.83. The highest BCUT2D eigenvalue weighted by atomic mass is 32.2. The molecule has 33 heavy (non-hydrogen) atoms. The van der Waals surface area contributed by atoms with Crippen LogP contribution < -0.4 is 0 Å². The third-order valence-electron chi connectivity index (χ3n) is 7.15. The second kappa shape index (κ2) is 8.51. The number of halogens is 3. The van der Waals surface area contributed by atoms with Gasteiger partial charge in [-0.25, -0.2) is 0 Å². The lowest BCUT2D eigenvalue weighted by atomic mass is 9.97. The van der Waals surface area contributed by atoms with Crippen molar-refractivity contribution in [3.8, 4) is 11.5 Å². The van der Waals surface area contributed by atoms with Crippen LogP contribution in [-0.4, -0.2) is 49.6 Å². The third-order valence-corrected chi connectivity index (χ3v) is 8.26. The molecule has 2 fully saturated rings. The molecule has 1 aromatic carbocycles. The van der Waals surface area contributed by atoms with Gasteiger partial charge in [0.25, 0.3) is 0 Å². The molecule has 9 heteroatoms. The van der Waals surface area contributed by atoms with Crippen LogP contribution in [0.4, 0.5) is 13.2 Å². The molecule has 1 aliphatic carbocycles. The fraction of sp³-hybridized carbons (Fsp3) is 0.500. The number of rotatable bonds is 7. The minimum Gasteiger partial charge on any atom is -0.348 e. The zero-order chi connectivity index (χ0) is 23.2. The molecule has 0 N–H and O–H groups in total. The van der Waals surface area contributed by atoms with Crippen molar-refractivity contribution in [2.75, 3.05) is 25.4 Å². The second-order valence-corrected chi connectivity index (χ2v) is 10.4. The highest BCUT2D eigenvalue weighted by Crippen LogP contribution is 2.64. The van der Waals surface area contributed by atoms with Gasteiger partial charge in [-0.15, -0.1) is 10.2 Å². The average molecular weight is 476 g/mol. The van der Waals surface area contributed by atoms with E-state index in [9.17, 15) is 13.2 Å². The molecule has 2 aliphatic rings. The smallest absolute Gasteiger partial charge is 0.348 e. The Bertz CT molecular complexity index is 1120. The number of hydrogen-bond acceptors (Lipinski definition) is 4. The van der Waals surface area contributed by atoms with Gasteiger partial charge in [-0.05, 0) is 73.5 Å². The molecule has 1 spiro atoms. The van der Waals surface area contributed by atoms with Gasteiger partial charge in [0.1, 0.15) is 0 Å². The van der Waals surface area contributed by atoms with Gasteiger partial charge in [0.2, 0.25) is 0 Å². The normalized spacial score (nSPS) is 23.0. The second-order valence-electron chi connectivity index (χ2n) is 9.34. The van der Waals surface area contributed by atoms with Crippen molar-refractivity contribution >= 4 is 11.8 Å². The quantitative estimate of drug-likeness (QED) is 0.348. The maximum absolute atomic E-state index is 12.8. The molecule has 3 heterocycles. The Morgan fingerprint density at radius 3 is 2.61 bits per heavy atom. The summed E-state index contributed by atoms with van der Waals surface area (Å²) < 4.78 is 42.6. The number of aromatic nitrogens is 4. The summed E-state index contributed by atoms with van der Waals surface area (Å²) in [6.07, 6.45) is 1.02. The van der Waals surface area contributed by atoms with Gasteiger partial charge in [-0.3, -0.25) is 0 Å². The lowest BCUT2D eigenvalue weighted by Crippen LogP contribution is -2.23. The number of alkyl halides is 3. The fourth-order valence-electron chi connectivity index (χ4n) is 5.16. The summed E-state index contributed by atoms with van der Waals surface area (Å²) in [5.41, 5.74) is 1.80. The first kappa shape index (κ1) is 22.5. The average Bonchev–Trinajstić information content (AvgIpc) is 3.05. The maximum atomic E-state index is 12.8. The molecule has 0 bridgehead atoms. The van der Waals surface area contributed by atoms with Gasteiger partial charge in [-0.2, -0.15) is 13.2 Å². The maximum Gasteiger partial charge on any atom is 0.416 e. The highest BCUT2D eigenvalue weighted by Gasteiger charge is 2.57. The van der Waals surface area contributed by atoms with E-state index in [1.807, 2.05) is 41.6 Å². The van der Waals surface area contributed by atoms with Crippen LogP contribution >= 0.6 is 11.8 Å². The number of aryl methyl sites for hydroxylation is 1. The lowest BCUT2D eigenvalue weighted by molar-refractivity contribution is -0.137. The minimum absolute atomic E-state index is 0.264. The van der Waals surface area contributed by atoms with Crippen molar-refractivity contribution < 1.29 is 13.2 Å². The molecule has 5 nitrogen and oxygen atoms in total. The van der Waals surface area contributed by atoms with Crippen molar-refractivity contribution in [2.45, 2.75) is 36.5 Å². The van der Waals surface area contributed by atoms with Gasteiger partial charge in [0.15, 0.2) is 11.0 Å². The van der Waals surface area contributed by atoms with Gasteiger partial charge in [0, 0.05) is 32.6 Å². The van der Waals surface area contributed by atoms with E-state index in [2.05, 4.69) is 15.1 Å². The molecule has 3 aromatic rings. The largest absolute Gasteiger partial charge is 0.416 e. The van der Waals surface area contributed by atoms with E-state index in [0.717, 1.165) is 66.9 Å². The zero-order valence-electron chi connectivity index (χ0n) is 18.8. The topological polar surface area (TPSA) is 38.9 Å². The standard InChI is InChI=1S/C24H28F3N5S/c1-30-11-3-5-20(30)21-28-29-22(31(21)2)33-14-4-12-32-13-10-23(16-32)15-19(23)17-6-8-18(9-7-17)24(25,26)27/h3,5-9,11,19H,4,10,12-16H2,1-2H3/t19-,23?/m1/s1. The van der Waals surface area contributed by atoms with Crippen LogP contribution in [0.2, 0.25) is 0 Å². The van der Waals surface area contributed by atoms with Gasteiger partial charge in [0.05, 0.1) is 11.3 Å². The molecule has 1 aliphatic heterocycles. The molecule has 0 radical (unpaired) electrons. The molecule has 1 saturated heterocycles. The Morgan fingerprint density at radius 2 is 1.91 bits per heavy atom. The number of hydrogen-bond donors (Lipinski definition) is 0. The van der Waals surface area contributed by atoms with E-state index < -0.39 is 11.7 Å². The van der Waals surface area contributed by atoms with Crippen molar-refractivity contribution in [3.63, 3.8) is 0 Å². The summed E-state index contributed by atoms with van der Waals surface area (Å²) in [7, 11) is 4.00. The van der Waals surface area contributed by atoms with Crippen LogP contribution in [0.3, 0.4) is 0 Å².